The van der Waals surface area contributed by atoms with E-state index in [1.54, 1.807) is 18.7 Å². The van der Waals surface area contributed by atoms with Crippen molar-refractivity contribution < 1.29 is 5.11 Å². The fourth-order valence-electron chi connectivity index (χ4n) is 3.18. The zero-order valence-corrected chi connectivity index (χ0v) is 15.4. The summed E-state index contributed by atoms with van der Waals surface area (Å²) in [7, 11) is 0. The van der Waals surface area contributed by atoms with Crippen LogP contribution in [0.5, 0.6) is 0 Å². The van der Waals surface area contributed by atoms with Crippen molar-refractivity contribution in [2.75, 3.05) is 25.0 Å². The highest BCUT2D eigenvalue weighted by Crippen LogP contribution is 2.49. The Hall–Kier alpha value is -2.13. The number of aromatic nitrogens is 3. The second kappa shape index (κ2) is 7.24. The molecule has 0 saturated heterocycles. The molecule has 3 aromatic rings. The molecule has 4 rings (SSSR count). The third-order valence-corrected chi connectivity index (χ3v) is 5.48. The van der Waals surface area contributed by atoms with Crippen LogP contribution < -0.4 is 16.4 Å². The highest BCUT2D eigenvalue weighted by atomic mass is 32.2. The molecule has 0 bridgehead atoms. The molecule has 0 aliphatic carbocycles. The van der Waals surface area contributed by atoms with E-state index in [4.69, 9.17) is 10.8 Å². The zero-order valence-electron chi connectivity index (χ0n) is 14.6. The summed E-state index contributed by atoms with van der Waals surface area (Å²) in [6, 6.07) is 8.21. The van der Waals surface area contributed by atoms with Gasteiger partial charge in [-0.1, -0.05) is 11.8 Å². The standard InChI is InChI=1S/C18H22N6OS/c1-11(25)20-8-9-21-12-4-5-13-15-17(23-24(13)10-6-19)16-14(26-18(12)15)3-2-7-22-16/h2-5,7,11,20-21,25H,6,8-10,19H2,1H3. The molecule has 5 N–H and O–H groups in total. The summed E-state index contributed by atoms with van der Waals surface area (Å²) in [5, 5.41) is 21.7. The number of nitrogens with one attached hydrogen (secondary N) is 2. The van der Waals surface area contributed by atoms with E-state index < -0.39 is 6.23 Å². The van der Waals surface area contributed by atoms with Crippen LogP contribution in [0.4, 0.5) is 5.69 Å². The summed E-state index contributed by atoms with van der Waals surface area (Å²) in [6.45, 7) is 4.33. The highest BCUT2D eigenvalue weighted by Gasteiger charge is 2.26. The van der Waals surface area contributed by atoms with Crippen molar-refractivity contribution >= 4 is 28.4 Å². The molecule has 1 aliphatic heterocycles. The van der Waals surface area contributed by atoms with Crippen LogP contribution in [0.3, 0.4) is 0 Å². The van der Waals surface area contributed by atoms with E-state index in [1.807, 2.05) is 16.9 Å². The molecule has 0 fully saturated rings. The molecular formula is C18H22N6OS. The summed E-state index contributed by atoms with van der Waals surface area (Å²) in [5.74, 6) is 0. The number of benzene rings is 1. The number of aliphatic hydroxyl groups is 1. The van der Waals surface area contributed by atoms with Crippen LogP contribution in [-0.4, -0.2) is 45.7 Å². The van der Waals surface area contributed by atoms with Gasteiger partial charge in [-0.15, -0.1) is 0 Å². The molecule has 0 spiro atoms. The van der Waals surface area contributed by atoms with Crippen LogP contribution in [0, 0.1) is 0 Å². The van der Waals surface area contributed by atoms with Gasteiger partial charge in [-0.3, -0.25) is 15.0 Å². The van der Waals surface area contributed by atoms with Gasteiger partial charge in [-0.2, -0.15) is 5.10 Å². The van der Waals surface area contributed by atoms with E-state index in [9.17, 15) is 5.11 Å². The zero-order chi connectivity index (χ0) is 18.1. The maximum Gasteiger partial charge on any atom is 0.121 e. The summed E-state index contributed by atoms with van der Waals surface area (Å²) in [4.78, 5) is 6.83. The quantitative estimate of drug-likeness (QED) is 0.291. The van der Waals surface area contributed by atoms with Gasteiger partial charge in [0.15, 0.2) is 0 Å². The third-order valence-electron chi connectivity index (χ3n) is 4.30. The van der Waals surface area contributed by atoms with Crippen molar-refractivity contribution in [3.05, 3.63) is 30.5 Å². The Balaban J connectivity index is 1.76. The number of aliphatic hydroxyl groups excluding tert-OH is 1. The maximum absolute atomic E-state index is 9.33. The molecule has 26 heavy (non-hydrogen) atoms. The Morgan fingerprint density at radius 3 is 2.96 bits per heavy atom. The average molecular weight is 370 g/mol. The van der Waals surface area contributed by atoms with Gasteiger partial charge in [0.1, 0.15) is 17.6 Å². The van der Waals surface area contributed by atoms with Crippen LogP contribution in [0.2, 0.25) is 0 Å². The molecule has 136 valence electrons. The predicted octanol–water partition coefficient (Wildman–Crippen LogP) is 1.86. The number of anilines is 1. The number of nitrogens with zero attached hydrogens (tertiary/aromatic N) is 3. The lowest BCUT2D eigenvalue weighted by molar-refractivity contribution is 0.159. The molecule has 0 amide bonds. The lowest BCUT2D eigenvalue weighted by Crippen LogP contribution is -2.30. The number of fused-ring (bicyclic) bond motifs is 2. The molecule has 1 aromatic carbocycles. The number of rotatable bonds is 7. The van der Waals surface area contributed by atoms with E-state index in [0.29, 0.717) is 19.6 Å². The molecule has 3 heterocycles. The number of nitrogens with two attached hydrogens (primary N) is 1. The van der Waals surface area contributed by atoms with Crippen molar-refractivity contribution in [2.45, 2.75) is 29.5 Å². The maximum atomic E-state index is 9.33. The molecular weight excluding hydrogens is 348 g/mol. The van der Waals surface area contributed by atoms with Crippen molar-refractivity contribution in [2.24, 2.45) is 5.73 Å². The van der Waals surface area contributed by atoms with Gasteiger partial charge < -0.3 is 16.2 Å². The molecule has 2 aromatic heterocycles. The van der Waals surface area contributed by atoms with Crippen molar-refractivity contribution in [1.29, 1.82) is 0 Å². The Labute approximate surface area is 156 Å². The molecule has 1 atom stereocenters. The number of pyridine rings is 1. The topological polar surface area (TPSA) is 101 Å². The largest absolute Gasteiger partial charge is 0.383 e. The second-order valence-corrected chi connectivity index (χ2v) is 7.26. The van der Waals surface area contributed by atoms with E-state index in [1.165, 1.54) is 4.90 Å². The minimum Gasteiger partial charge on any atom is -0.383 e. The molecule has 1 aliphatic rings. The van der Waals surface area contributed by atoms with Gasteiger partial charge in [0.2, 0.25) is 0 Å². The summed E-state index contributed by atoms with van der Waals surface area (Å²) < 4.78 is 1.97. The van der Waals surface area contributed by atoms with Crippen LogP contribution in [0.25, 0.3) is 22.3 Å². The van der Waals surface area contributed by atoms with Crippen LogP contribution >= 0.6 is 11.8 Å². The van der Waals surface area contributed by atoms with Crippen LogP contribution in [0.15, 0.2) is 40.3 Å². The van der Waals surface area contributed by atoms with Crippen LogP contribution in [-0.2, 0) is 6.54 Å². The monoisotopic (exact) mass is 370 g/mol. The molecule has 0 radical (unpaired) electrons. The minimum atomic E-state index is -0.508. The Morgan fingerprint density at radius 2 is 2.15 bits per heavy atom. The summed E-state index contributed by atoms with van der Waals surface area (Å²) in [5.41, 5.74) is 9.76. The van der Waals surface area contributed by atoms with Gasteiger partial charge >= 0.3 is 0 Å². The summed E-state index contributed by atoms with van der Waals surface area (Å²) >= 11 is 1.72. The lowest BCUT2D eigenvalue weighted by atomic mass is 10.1. The predicted molar refractivity (Wildman–Crippen MR) is 104 cm³/mol. The number of hydrogen-bond donors (Lipinski definition) is 4. The Kier molecular flexibility index (Phi) is 4.82. The first kappa shape index (κ1) is 17.3. The van der Waals surface area contributed by atoms with Crippen molar-refractivity contribution in [3.63, 3.8) is 0 Å². The second-order valence-electron chi connectivity index (χ2n) is 6.21. The highest BCUT2D eigenvalue weighted by molar-refractivity contribution is 8.00. The summed E-state index contributed by atoms with van der Waals surface area (Å²) in [6.07, 6.45) is 1.30. The smallest absolute Gasteiger partial charge is 0.121 e. The van der Waals surface area contributed by atoms with E-state index >= 15 is 0 Å². The van der Waals surface area contributed by atoms with Gasteiger partial charge in [0.05, 0.1) is 12.1 Å². The Morgan fingerprint density at radius 1 is 1.27 bits per heavy atom. The molecule has 1 unspecified atom stereocenters. The first-order valence-corrected chi connectivity index (χ1v) is 9.53. The van der Waals surface area contributed by atoms with Gasteiger partial charge in [-0.25, -0.2) is 0 Å². The van der Waals surface area contributed by atoms with Crippen LogP contribution in [0.1, 0.15) is 6.92 Å². The first-order chi connectivity index (χ1) is 12.7. The third kappa shape index (κ3) is 3.05. The van der Waals surface area contributed by atoms with Gasteiger partial charge in [-0.05, 0) is 31.2 Å². The van der Waals surface area contributed by atoms with Crippen molar-refractivity contribution in [1.82, 2.24) is 20.1 Å². The van der Waals surface area contributed by atoms with Gasteiger partial charge in [0, 0.05) is 46.7 Å². The molecule has 7 nitrogen and oxygen atoms in total. The van der Waals surface area contributed by atoms with E-state index in [-0.39, 0.29) is 0 Å². The fourth-order valence-corrected chi connectivity index (χ4v) is 4.35. The first-order valence-electron chi connectivity index (χ1n) is 8.71. The SMILES string of the molecule is CC(O)NCCNc1ccc2c3c(nn2CCN)-c2ncccc2Sc13. The van der Waals surface area contributed by atoms with E-state index in [2.05, 4.69) is 33.8 Å². The lowest BCUT2D eigenvalue weighted by Gasteiger charge is -2.18. The Bertz CT molecular complexity index is 939. The fraction of sp³-hybridized carbons (Fsp3) is 0.333. The van der Waals surface area contributed by atoms with Crippen molar-refractivity contribution in [3.8, 4) is 11.4 Å². The molecule has 0 saturated carbocycles. The molecule has 8 heteroatoms. The van der Waals surface area contributed by atoms with Gasteiger partial charge in [0.25, 0.3) is 0 Å². The average Bonchev–Trinajstić information content (AvgIpc) is 3.00. The van der Waals surface area contributed by atoms with E-state index in [0.717, 1.165) is 39.4 Å². The normalized spacial score (nSPS) is 13.7. The number of hydrogen-bond acceptors (Lipinski definition) is 7. The minimum absolute atomic E-state index is 0.508.